The van der Waals surface area contributed by atoms with Crippen LogP contribution < -0.4 is 5.73 Å². The summed E-state index contributed by atoms with van der Waals surface area (Å²) in [7, 11) is 0. The van der Waals surface area contributed by atoms with Gasteiger partial charge in [-0.05, 0) is 31.4 Å². The van der Waals surface area contributed by atoms with Crippen LogP contribution in [-0.4, -0.2) is 21.8 Å². The van der Waals surface area contributed by atoms with Gasteiger partial charge in [0.15, 0.2) is 0 Å². The van der Waals surface area contributed by atoms with Gasteiger partial charge in [-0.1, -0.05) is 17.7 Å². The largest absolute Gasteiger partial charge is 0.382 e. The van der Waals surface area contributed by atoms with Crippen molar-refractivity contribution in [2.24, 2.45) is 0 Å². The highest BCUT2D eigenvalue weighted by Crippen LogP contribution is 2.20. The summed E-state index contributed by atoms with van der Waals surface area (Å²) in [4.78, 5) is 19.4. The van der Waals surface area contributed by atoms with Crippen molar-refractivity contribution < 1.29 is 4.79 Å². The van der Waals surface area contributed by atoms with Gasteiger partial charge in [0, 0.05) is 17.1 Å². The molecular weight excluding hydrogens is 294 g/mol. The first-order valence-corrected chi connectivity index (χ1v) is 7.49. The first-order valence-electron chi connectivity index (χ1n) is 6.23. The highest BCUT2D eigenvalue weighted by atomic mass is 35.5. The molecule has 2 aromatic rings. The van der Waals surface area contributed by atoms with E-state index in [1.807, 2.05) is 31.4 Å². The lowest BCUT2D eigenvalue weighted by molar-refractivity contribution is 0.0692. The monoisotopic (exact) mass is 309 g/mol. The summed E-state index contributed by atoms with van der Waals surface area (Å²) >= 11 is 7.56. The Hall–Kier alpha value is -1.59. The molecule has 0 aromatic carbocycles. The van der Waals surface area contributed by atoms with Gasteiger partial charge in [0.1, 0.15) is 5.82 Å². The lowest BCUT2D eigenvalue weighted by Crippen LogP contribution is -2.36. The predicted molar refractivity (Wildman–Crippen MR) is 83.0 cm³/mol. The normalized spacial score (nSPS) is 10.8. The van der Waals surface area contributed by atoms with Crippen molar-refractivity contribution in [2.45, 2.75) is 26.4 Å². The second kappa shape index (κ2) is 6.24. The maximum atomic E-state index is 12.6. The van der Waals surface area contributed by atoms with Crippen molar-refractivity contribution in [3.8, 4) is 0 Å². The molecule has 0 atom stereocenters. The molecule has 0 radical (unpaired) electrons. The lowest BCUT2D eigenvalue weighted by atomic mass is 10.2. The van der Waals surface area contributed by atoms with Crippen molar-refractivity contribution in [3.63, 3.8) is 0 Å². The van der Waals surface area contributed by atoms with Crippen LogP contribution in [0, 0.1) is 0 Å². The molecule has 0 bridgehead atoms. The van der Waals surface area contributed by atoms with E-state index in [1.165, 1.54) is 6.20 Å². The van der Waals surface area contributed by atoms with E-state index in [9.17, 15) is 4.79 Å². The zero-order chi connectivity index (χ0) is 14.7. The number of rotatable bonds is 4. The number of nitrogen functional groups attached to an aromatic ring is 1. The van der Waals surface area contributed by atoms with Crippen LogP contribution in [0.3, 0.4) is 0 Å². The molecule has 0 aliphatic heterocycles. The summed E-state index contributed by atoms with van der Waals surface area (Å²) in [5, 5.41) is 2.30. The fraction of sp³-hybridized carbons (Fsp3) is 0.286. The minimum atomic E-state index is -0.0946. The van der Waals surface area contributed by atoms with Gasteiger partial charge in [-0.3, -0.25) is 4.79 Å². The minimum absolute atomic E-state index is 0.0842. The quantitative estimate of drug-likeness (QED) is 0.941. The average Bonchev–Trinajstić information content (AvgIpc) is 2.91. The molecule has 20 heavy (non-hydrogen) atoms. The Morgan fingerprint density at radius 2 is 2.30 bits per heavy atom. The molecule has 2 N–H and O–H groups in total. The fourth-order valence-electron chi connectivity index (χ4n) is 1.79. The summed E-state index contributed by atoms with van der Waals surface area (Å²) in [6.45, 7) is 4.55. The van der Waals surface area contributed by atoms with Crippen molar-refractivity contribution >= 4 is 34.7 Å². The Bertz CT molecular complexity index is 598. The Labute approximate surface area is 127 Å². The molecule has 0 saturated carbocycles. The molecule has 2 aromatic heterocycles. The molecule has 0 aliphatic rings. The molecule has 0 fully saturated rings. The number of anilines is 1. The SMILES string of the molecule is CC(C)N(Cc1cccs1)C(=O)c1cnc(N)c(Cl)c1. The van der Waals surface area contributed by atoms with Crippen molar-refractivity contribution in [2.75, 3.05) is 5.73 Å². The second-order valence-corrected chi connectivity index (χ2v) is 6.14. The first kappa shape index (κ1) is 14.8. The summed E-state index contributed by atoms with van der Waals surface area (Å²) < 4.78 is 0. The number of nitrogens with zero attached hydrogens (tertiary/aromatic N) is 2. The first-order chi connectivity index (χ1) is 9.49. The number of hydrogen-bond donors (Lipinski definition) is 1. The molecule has 0 spiro atoms. The summed E-state index contributed by atoms with van der Waals surface area (Å²) in [5.41, 5.74) is 6.02. The van der Waals surface area contributed by atoms with Crippen molar-refractivity contribution in [1.82, 2.24) is 9.88 Å². The van der Waals surface area contributed by atoms with Crippen LogP contribution in [-0.2, 0) is 6.54 Å². The summed E-state index contributed by atoms with van der Waals surface area (Å²) in [6.07, 6.45) is 1.47. The predicted octanol–water partition coefficient (Wildman–Crippen LogP) is 3.43. The highest BCUT2D eigenvalue weighted by molar-refractivity contribution is 7.09. The van der Waals surface area contributed by atoms with E-state index in [-0.39, 0.29) is 17.8 Å². The fourth-order valence-corrected chi connectivity index (χ4v) is 2.66. The van der Waals surface area contributed by atoms with E-state index in [2.05, 4.69) is 4.98 Å². The zero-order valence-electron chi connectivity index (χ0n) is 11.3. The molecular formula is C14H16ClN3OS. The molecule has 106 valence electrons. The van der Waals surface area contributed by atoms with E-state index in [4.69, 9.17) is 17.3 Å². The third-order valence-corrected chi connectivity index (χ3v) is 4.07. The molecule has 2 heterocycles. The molecule has 4 nitrogen and oxygen atoms in total. The molecule has 2 rings (SSSR count). The van der Waals surface area contributed by atoms with Crippen molar-refractivity contribution in [1.29, 1.82) is 0 Å². The Balaban J connectivity index is 2.24. The van der Waals surface area contributed by atoms with E-state index >= 15 is 0 Å². The number of aromatic nitrogens is 1. The Morgan fingerprint density at radius 3 is 2.85 bits per heavy atom. The third-order valence-electron chi connectivity index (χ3n) is 2.91. The Morgan fingerprint density at radius 1 is 1.55 bits per heavy atom. The number of halogens is 1. The van der Waals surface area contributed by atoms with Crippen LogP contribution in [0.15, 0.2) is 29.8 Å². The van der Waals surface area contributed by atoms with Crippen LogP contribution in [0.5, 0.6) is 0 Å². The maximum absolute atomic E-state index is 12.6. The standard InChI is InChI=1S/C14H16ClN3OS/c1-9(2)18(8-11-4-3-5-20-11)14(19)10-6-12(15)13(16)17-7-10/h3-7,9H,8H2,1-2H3,(H2,16,17). The lowest BCUT2D eigenvalue weighted by Gasteiger charge is -2.26. The number of amides is 1. The Kier molecular flexibility index (Phi) is 4.62. The van der Waals surface area contributed by atoms with Crippen molar-refractivity contribution in [3.05, 3.63) is 45.2 Å². The van der Waals surface area contributed by atoms with Gasteiger partial charge in [-0.15, -0.1) is 11.3 Å². The van der Waals surface area contributed by atoms with Crippen LogP contribution in [0.25, 0.3) is 0 Å². The number of carbonyl (C=O) groups excluding carboxylic acids is 1. The number of hydrogen-bond acceptors (Lipinski definition) is 4. The van der Waals surface area contributed by atoms with E-state index in [1.54, 1.807) is 22.3 Å². The van der Waals surface area contributed by atoms with Gasteiger partial charge in [0.2, 0.25) is 0 Å². The van der Waals surface area contributed by atoms with E-state index in [0.717, 1.165) is 4.88 Å². The molecule has 6 heteroatoms. The number of carbonyl (C=O) groups is 1. The van der Waals surface area contributed by atoms with Gasteiger partial charge in [0.05, 0.1) is 17.1 Å². The number of thiophene rings is 1. The van der Waals surface area contributed by atoms with Crippen LogP contribution in [0.1, 0.15) is 29.1 Å². The smallest absolute Gasteiger partial charge is 0.256 e. The average molecular weight is 310 g/mol. The third kappa shape index (κ3) is 3.29. The minimum Gasteiger partial charge on any atom is -0.382 e. The van der Waals surface area contributed by atoms with Crippen LogP contribution in [0.4, 0.5) is 5.82 Å². The second-order valence-electron chi connectivity index (χ2n) is 4.70. The van der Waals surface area contributed by atoms with E-state index < -0.39 is 0 Å². The van der Waals surface area contributed by atoms with Gasteiger partial charge < -0.3 is 10.6 Å². The van der Waals surface area contributed by atoms with E-state index in [0.29, 0.717) is 17.1 Å². The molecule has 0 saturated heterocycles. The number of nitrogens with two attached hydrogens (primary N) is 1. The summed E-state index contributed by atoms with van der Waals surface area (Å²) in [6, 6.07) is 5.64. The van der Waals surface area contributed by atoms with Crippen LogP contribution in [0.2, 0.25) is 5.02 Å². The molecule has 0 aliphatic carbocycles. The van der Waals surface area contributed by atoms with Gasteiger partial charge in [-0.25, -0.2) is 4.98 Å². The number of pyridine rings is 1. The van der Waals surface area contributed by atoms with Gasteiger partial charge in [-0.2, -0.15) is 0 Å². The van der Waals surface area contributed by atoms with Crippen LogP contribution >= 0.6 is 22.9 Å². The summed E-state index contributed by atoms with van der Waals surface area (Å²) in [5.74, 6) is 0.139. The molecule has 0 unspecified atom stereocenters. The van der Waals surface area contributed by atoms with Gasteiger partial charge >= 0.3 is 0 Å². The highest BCUT2D eigenvalue weighted by Gasteiger charge is 2.20. The topological polar surface area (TPSA) is 59.2 Å². The van der Waals surface area contributed by atoms with Gasteiger partial charge in [0.25, 0.3) is 5.91 Å². The maximum Gasteiger partial charge on any atom is 0.256 e. The zero-order valence-corrected chi connectivity index (χ0v) is 12.9. The molecule has 1 amide bonds.